The van der Waals surface area contributed by atoms with Crippen LogP contribution in [-0.4, -0.2) is 39.1 Å². The fourth-order valence-electron chi connectivity index (χ4n) is 4.41. The van der Waals surface area contributed by atoms with Crippen molar-refractivity contribution >= 4 is 35.0 Å². The largest absolute Gasteiger partial charge is 0.494 e. The minimum atomic E-state index is 0.0491. The van der Waals surface area contributed by atoms with Crippen molar-refractivity contribution in [1.29, 1.82) is 0 Å². The van der Waals surface area contributed by atoms with Crippen LogP contribution in [0.3, 0.4) is 0 Å². The molecule has 1 aliphatic heterocycles. The molecule has 2 heterocycles. The Kier molecular flexibility index (Phi) is 6.79. The number of carbonyl (C=O) groups is 1. The van der Waals surface area contributed by atoms with Gasteiger partial charge in [0.1, 0.15) is 5.75 Å². The Bertz CT molecular complexity index is 1360. The topological polar surface area (TPSA) is 60.2 Å². The molecular formula is C27H25ClN4O2S. The quantitative estimate of drug-likeness (QED) is 0.286. The molecule has 6 nitrogen and oxygen atoms in total. The van der Waals surface area contributed by atoms with Crippen molar-refractivity contribution in [2.75, 3.05) is 17.3 Å². The van der Waals surface area contributed by atoms with Crippen LogP contribution in [0.5, 0.6) is 5.75 Å². The van der Waals surface area contributed by atoms with E-state index in [0.717, 1.165) is 29.1 Å². The van der Waals surface area contributed by atoms with Gasteiger partial charge < -0.3 is 9.64 Å². The first-order valence-electron chi connectivity index (χ1n) is 11.5. The van der Waals surface area contributed by atoms with E-state index in [-0.39, 0.29) is 17.7 Å². The summed E-state index contributed by atoms with van der Waals surface area (Å²) >= 11 is 7.88. The number of anilines is 1. The molecule has 35 heavy (non-hydrogen) atoms. The summed E-state index contributed by atoms with van der Waals surface area (Å²) in [7, 11) is 0. The van der Waals surface area contributed by atoms with E-state index < -0.39 is 0 Å². The van der Waals surface area contributed by atoms with Crippen LogP contribution < -0.4 is 9.64 Å². The zero-order valence-corrected chi connectivity index (χ0v) is 21.1. The Morgan fingerprint density at radius 3 is 2.57 bits per heavy atom. The molecule has 0 radical (unpaired) electrons. The third kappa shape index (κ3) is 4.66. The molecule has 0 spiro atoms. The van der Waals surface area contributed by atoms with E-state index in [1.807, 2.05) is 83.1 Å². The van der Waals surface area contributed by atoms with Crippen molar-refractivity contribution < 1.29 is 9.53 Å². The monoisotopic (exact) mass is 504 g/mol. The maximum atomic E-state index is 13.3. The minimum absolute atomic E-state index is 0.0491. The van der Waals surface area contributed by atoms with Gasteiger partial charge in [-0.15, -0.1) is 10.2 Å². The first kappa shape index (κ1) is 23.5. The molecule has 0 N–H and O–H groups in total. The second-order valence-electron chi connectivity index (χ2n) is 8.28. The van der Waals surface area contributed by atoms with Crippen LogP contribution in [0.1, 0.15) is 19.4 Å². The molecule has 8 heteroatoms. The molecule has 1 amide bonds. The number of rotatable bonds is 7. The highest BCUT2D eigenvalue weighted by atomic mass is 35.5. The van der Waals surface area contributed by atoms with Gasteiger partial charge in [-0.3, -0.25) is 9.36 Å². The lowest BCUT2D eigenvalue weighted by Crippen LogP contribution is -2.37. The lowest BCUT2D eigenvalue weighted by atomic mass is 10.1. The van der Waals surface area contributed by atoms with Crippen LogP contribution in [0.25, 0.3) is 17.1 Å². The zero-order valence-electron chi connectivity index (χ0n) is 19.5. The fraction of sp³-hybridized carbons (Fsp3) is 0.222. The number of ether oxygens (including phenoxy) is 1. The highest BCUT2D eigenvalue weighted by Crippen LogP contribution is 2.35. The van der Waals surface area contributed by atoms with Crippen molar-refractivity contribution in [3.63, 3.8) is 0 Å². The van der Waals surface area contributed by atoms with Crippen molar-refractivity contribution in [1.82, 2.24) is 14.8 Å². The highest BCUT2D eigenvalue weighted by Gasteiger charge is 2.31. The van der Waals surface area contributed by atoms with E-state index in [0.29, 0.717) is 22.6 Å². The number of aromatic nitrogens is 3. The maximum absolute atomic E-state index is 13.3. The predicted molar refractivity (Wildman–Crippen MR) is 141 cm³/mol. The third-order valence-electron chi connectivity index (χ3n) is 5.95. The van der Waals surface area contributed by atoms with Gasteiger partial charge in [0.25, 0.3) is 0 Å². The molecule has 5 rings (SSSR count). The van der Waals surface area contributed by atoms with Crippen molar-refractivity contribution in [2.45, 2.75) is 31.5 Å². The summed E-state index contributed by atoms with van der Waals surface area (Å²) in [5.41, 5.74) is 3.84. The number of benzene rings is 3. The second-order valence-corrected chi connectivity index (χ2v) is 9.63. The number of thioether (sulfide) groups is 1. The van der Waals surface area contributed by atoms with Gasteiger partial charge in [0, 0.05) is 23.0 Å². The van der Waals surface area contributed by atoms with Crippen molar-refractivity contribution in [2.24, 2.45) is 0 Å². The number of halogens is 1. The molecule has 0 aliphatic carbocycles. The number of fused-ring (bicyclic) bond motifs is 1. The Labute approximate surface area is 213 Å². The zero-order chi connectivity index (χ0) is 24.4. The van der Waals surface area contributed by atoms with Crippen LogP contribution in [0.4, 0.5) is 5.69 Å². The molecule has 1 aliphatic rings. The molecule has 1 aromatic heterocycles. The molecule has 0 saturated heterocycles. The summed E-state index contributed by atoms with van der Waals surface area (Å²) in [4.78, 5) is 15.2. The van der Waals surface area contributed by atoms with Gasteiger partial charge in [-0.2, -0.15) is 0 Å². The Morgan fingerprint density at radius 2 is 1.80 bits per heavy atom. The van der Waals surface area contributed by atoms with Gasteiger partial charge in [0.05, 0.1) is 17.4 Å². The predicted octanol–water partition coefficient (Wildman–Crippen LogP) is 6.06. The Morgan fingerprint density at radius 1 is 1.06 bits per heavy atom. The number of hydrogen-bond acceptors (Lipinski definition) is 5. The average Bonchev–Trinajstić information content (AvgIpc) is 3.44. The summed E-state index contributed by atoms with van der Waals surface area (Å²) < 4.78 is 7.54. The fourth-order valence-corrected chi connectivity index (χ4v) is 5.44. The molecule has 1 atom stereocenters. The van der Waals surface area contributed by atoms with Crippen LogP contribution in [0, 0.1) is 0 Å². The van der Waals surface area contributed by atoms with E-state index >= 15 is 0 Å². The lowest BCUT2D eigenvalue weighted by Gasteiger charge is -2.22. The number of carbonyl (C=O) groups excluding carboxylic acids is 1. The second kappa shape index (κ2) is 10.1. The van der Waals surface area contributed by atoms with Gasteiger partial charge in [-0.1, -0.05) is 53.7 Å². The van der Waals surface area contributed by atoms with Gasteiger partial charge in [0.2, 0.25) is 5.91 Å². The van der Waals surface area contributed by atoms with Gasteiger partial charge >= 0.3 is 0 Å². The maximum Gasteiger partial charge on any atom is 0.237 e. The molecule has 0 fully saturated rings. The molecule has 1 unspecified atom stereocenters. The summed E-state index contributed by atoms with van der Waals surface area (Å²) in [5.74, 6) is 1.70. The summed E-state index contributed by atoms with van der Waals surface area (Å²) in [6, 6.07) is 23.5. The van der Waals surface area contributed by atoms with Gasteiger partial charge in [0.15, 0.2) is 11.0 Å². The van der Waals surface area contributed by atoms with E-state index in [1.165, 1.54) is 17.3 Å². The Hall–Kier alpha value is -3.29. The minimum Gasteiger partial charge on any atom is -0.494 e. The van der Waals surface area contributed by atoms with E-state index in [2.05, 4.69) is 23.2 Å². The normalized spacial score (nSPS) is 14.7. The first-order valence-corrected chi connectivity index (χ1v) is 12.9. The van der Waals surface area contributed by atoms with Crippen molar-refractivity contribution in [3.8, 4) is 22.8 Å². The number of nitrogens with zero attached hydrogens (tertiary/aromatic N) is 4. The van der Waals surface area contributed by atoms with E-state index in [9.17, 15) is 4.79 Å². The number of amides is 1. The number of hydrogen-bond donors (Lipinski definition) is 0. The molecule has 0 bridgehead atoms. The first-order chi connectivity index (χ1) is 17.1. The molecular weight excluding hydrogens is 480 g/mol. The van der Waals surface area contributed by atoms with Gasteiger partial charge in [-0.05, 0) is 68.3 Å². The molecule has 0 saturated carbocycles. The SMILES string of the molecule is CCOc1ccc(-n2c(SCC(=O)N3c4ccccc4CC3C)nnc2-c2ccccc2Cl)cc1. The summed E-state index contributed by atoms with van der Waals surface area (Å²) in [5, 5.41) is 10.1. The van der Waals surface area contributed by atoms with Crippen molar-refractivity contribution in [3.05, 3.63) is 83.4 Å². The Balaban J connectivity index is 1.46. The van der Waals surface area contributed by atoms with Crippen LogP contribution in [-0.2, 0) is 11.2 Å². The third-order valence-corrected chi connectivity index (χ3v) is 7.20. The van der Waals surface area contributed by atoms with E-state index in [1.54, 1.807) is 0 Å². The molecule has 3 aromatic carbocycles. The van der Waals surface area contributed by atoms with Crippen LogP contribution in [0.15, 0.2) is 78.0 Å². The summed E-state index contributed by atoms with van der Waals surface area (Å²) in [6.45, 7) is 4.63. The standard InChI is InChI=1S/C27H25ClN4O2S/c1-3-34-21-14-12-20(13-15-21)32-26(22-9-5-6-10-23(22)28)29-30-27(32)35-17-25(33)31-18(2)16-19-8-4-7-11-24(19)31/h4-15,18H,3,16-17H2,1-2H3. The lowest BCUT2D eigenvalue weighted by molar-refractivity contribution is -0.116. The summed E-state index contributed by atoms with van der Waals surface area (Å²) in [6.07, 6.45) is 0.867. The average molecular weight is 505 g/mol. The molecule has 178 valence electrons. The molecule has 4 aromatic rings. The number of para-hydroxylation sites is 1. The van der Waals surface area contributed by atoms with Crippen LogP contribution >= 0.6 is 23.4 Å². The van der Waals surface area contributed by atoms with Crippen LogP contribution in [0.2, 0.25) is 5.02 Å². The smallest absolute Gasteiger partial charge is 0.237 e. The highest BCUT2D eigenvalue weighted by molar-refractivity contribution is 7.99. The van der Waals surface area contributed by atoms with Gasteiger partial charge in [-0.25, -0.2) is 0 Å². The van der Waals surface area contributed by atoms with E-state index in [4.69, 9.17) is 16.3 Å².